The summed E-state index contributed by atoms with van der Waals surface area (Å²) in [5, 5.41) is 7.15. The molecular weight excluding hydrogens is 362 g/mol. The lowest BCUT2D eigenvalue weighted by Gasteiger charge is -2.09. The van der Waals surface area contributed by atoms with Crippen molar-refractivity contribution in [2.45, 2.75) is 20.5 Å². The number of carbonyl (C=O) groups excluding carboxylic acids is 1. The number of nitrogens with zero attached hydrogens (tertiary/aromatic N) is 1. The van der Waals surface area contributed by atoms with Gasteiger partial charge in [-0.2, -0.15) is 5.10 Å². The number of hydrazone groups is 1. The topological polar surface area (TPSA) is 62.7 Å². The highest BCUT2D eigenvalue weighted by atomic mass is 16.5. The molecule has 0 aliphatic carbocycles. The maximum Gasteiger partial charge on any atom is 0.259 e. The van der Waals surface area contributed by atoms with Crippen LogP contribution in [0.25, 0.3) is 0 Å². The van der Waals surface area contributed by atoms with Crippen LogP contribution >= 0.6 is 0 Å². The molecule has 2 N–H and O–H groups in total. The molecule has 0 aliphatic rings. The second-order valence-corrected chi connectivity index (χ2v) is 6.81. The third kappa shape index (κ3) is 6.50. The summed E-state index contributed by atoms with van der Waals surface area (Å²) in [6, 6.07) is 23.6. The summed E-state index contributed by atoms with van der Waals surface area (Å²) in [5.74, 6) is 0.540. The molecular formula is C24H25N3O2. The number of aryl methyl sites for hydroxylation is 2. The third-order valence-corrected chi connectivity index (χ3v) is 4.33. The highest BCUT2D eigenvalue weighted by Gasteiger charge is 2.02. The zero-order chi connectivity index (χ0) is 20.5. The van der Waals surface area contributed by atoms with Gasteiger partial charge in [0.2, 0.25) is 0 Å². The highest BCUT2D eigenvalue weighted by molar-refractivity contribution is 5.84. The Morgan fingerprint density at radius 2 is 1.83 bits per heavy atom. The zero-order valence-corrected chi connectivity index (χ0v) is 16.7. The second kappa shape index (κ2) is 10.1. The number of carbonyl (C=O) groups is 1. The lowest BCUT2D eigenvalue weighted by atomic mass is 10.1. The summed E-state index contributed by atoms with van der Waals surface area (Å²) < 4.78 is 5.81. The smallest absolute Gasteiger partial charge is 0.259 e. The average Bonchev–Trinajstić information content (AvgIpc) is 2.73. The molecule has 0 aliphatic heterocycles. The molecule has 0 unspecified atom stereocenters. The monoisotopic (exact) mass is 387 g/mol. The number of nitrogens with one attached hydrogen (secondary N) is 2. The molecule has 148 valence electrons. The van der Waals surface area contributed by atoms with E-state index in [-0.39, 0.29) is 12.5 Å². The molecule has 3 rings (SSSR count). The van der Waals surface area contributed by atoms with Gasteiger partial charge in [-0.3, -0.25) is 4.79 Å². The van der Waals surface area contributed by atoms with E-state index >= 15 is 0 Å². The SMILES string of the molecule is Cc1ccc(NCC(=O)NN=Cc2cccc(OCc3ccccc3)c2)c(C)c1. The molecule has 0 bridgehead atoms. The van der Waals surface area contributed by atoms with Crippen LogP contribution in [0.5, 0.6) is 5.75 Å². The Labute approximate surface area is 171 Å². The van der Waals surface area contributed by atoms with Crippen LogP contribution < -0.4 is 15.5 Å². The quantitative estimate of drug-likeness (QED) is 0.444. The Kier molecular flexibility index (Phi) is 7.00. The number of rotatable bonds is 8. The second-order valence-electron chi connectivity index (χ2n) is 6.81. The standard InChI is InChI=1S/C24H25N3O2/c1-18-11-12-23(19(2)13-18)25-16-24(28)27-26-15-21-9-6-10-22(14-21)29-17-20-7-4-3-5-8-20/h3-15,25H,16-17H2,1-2H3,(H,27,28). The number of ether oxygens (including phenoxy) is 1. The third-order valence-electron chi connectivity index (χ3n) is 4.33. The van der Waals surface area contributed by atoms with Crippen LogP contribution in [0.2, 0.25) is 0 Å². The van der Waals surface area contributed by atoms with Crippen LogP contribution in [0.3, 0.4) is 0 Å². The Bertz CT molecular complexity index is 984. The van der Waals surface area contributed by atoms with Crippen LogP contribution in [0.15, 0.2) is 77.9 Å². The van der Waals surface area contributed by atoms with E-state index in [0.29, 0.717) is 6.61 Å². The molecule has 3 aromatic carbocycles. The van der Waals surface area contributed by atoms with Crippen molar-refractivity contribution in [3.05, 3.63) is 95.1 Å². The molecule has 0 saturated carbocycles. The minimum Gasteiger partial charge on any atom is -0.489 e. The average molecular weight is 387 g/mol. The van der Waals surface area contributed by atoms with Gasteiger partial charge in [0.1, 0.15) is 12.4 Å². The lowest BCUT2D eigenvalue weighted by molar-refractivity contribution is -0.119. The van der Waals surface area contributed by atoms with E-state index in [1.165, 1.54) is 5.56 Å². The van der Waals surface area contributed by atoms with E-state index in [0.717, 1.165) is 28.1 Å². The molecule has 0 aromatic heterocycles. The Morgan fingerprint density at radius 1 is 1.00 bits per heavy atom. The summed E-state index contributed by atoms with van der Waals surface area (Å²) in [6.07, 6.45) is 1.60. The molecule has 5 nitrogen and oxygen atoms in total. The molecule has 0 radical (unpaired) electrons. The molecule has 29 heavy (non-hydrogen) atoms. The Morgan fingerprint density at radius 3 is 2.62 bits per heavy atom. The fourth-order valence-corrected chi connectivity index (χ4v) is 2.83. The van der Waals surface area contributed by atoms with Gasteiger partial charge in [0, 0.05) is 5.69 Å². The van der Waals surface area contributed by atoms with Gasteiger partial charge in [-0.1, -0.05) is 60.2 Å². The Hall–Kier alpha value is -3.60. The minimum atomic E-state index is -0.210. The van der Waals surface area contributed by atoms with Gasteiger partial charge < -0.3 is 10.1 Å². The summed E-state index contributed by atoms with van der Waals surface area (Å²) in [5.41, 5.74) is 7.73. The van der Waals surface area contributed by atoms with Crippen molar-refractivity contribution in [1.82, 2.24) is 5.43 Å². The predicted molar refractivity (Wildman–Crippen MR) is 117 cm³/mol. The largest absolute Gasteiger partial charge is 0.489 e. The van der Waals surface area contributed by atoms with E-state index in [1.807, 2.05) is 80.6 Å². The lowest BCUT2D eigenvalue weighted by Crippen LogP contribution is -2.26. The maximum atomic E-state index is 12.0. The van der Waals surface area contributed by atoms with Gasteiger partial charge in [-0.05, 0) is 48.7 Å². The molecule has 3 aromatic rings. The first-order chi connectivity index (χ1) is 14.1. The van der Waals surface area contributed by atoms with Crippen LogP contribution in [0.4, 0.5) is 5.69 Å². The zero-order valence-electron chi connectivity index (χ0n) is 16.7. The number of hydrogen-bond donors (Lipinski definition) is 2. The van der Waals surface area contributed by atoms with E-state index in [4.69, 9.17) is 4.74 Å². The molecule has 0 spiro atoms. The molecule has 0 saturated heterocycles. The Balaban J connectivity index is 1.47. The van der Waals surface area contributed by atoms with Gasteiger partial charge in [0.05, 0.1) is 12.8 Å². The number of amides is 1. The van der Waals surface area contributed by atoms with Gasteiger partial charge in [0.25, 0.3) is 5.91 Å². The highest BCUT2D eigenvalue weighted by Crippen LogP contribution is 2.16. The van der Waals surface area contributed by atoms with Crippen LogP contribution in [-0.4, -0.2) is 18.7 Å². The first-order valence-electron chi connectivity index (χ1n) is 9.50. The molecule has 1 amide bonds. The summed E-state index contributed by atoms with van der Waals surface area (Å²) in [4.78, 5) is 12.0. The first kappa shape index (κ1) is 20.1. The predicted octanol–water partition coefficient (Wildman–Crippen LogP) is 4.44. The van der Waals surface area contributed by atoms with Crippen molar-refractivity contribution in [3.63, 3.8) is 0 Å². The van der Waals surface area contributed by atoms with Crippen molar-refractivity contribution in [1.29, 1.82) is 0 Å². The fourth-order valence-electron chi connectivity index (χ4n) is 2.83. The van der Waals surface area contributed by atoms with Gasteiger partial charge >= 0.3 is 0 Å². The summed E-state index contributed by atoms with van der Waals surface area (Å²) >= 11 is 0. The van der Waals surface area contributed by atoms with Crippen molar-refractivity contribution >= 4 is 17.8 Å². The van der Waals surface area contributed by atoms with Crippen molar-refractivity contribution in [2.24, 2.45) is 5.10 Å². The van der Waals surface area contributed by atoms with E-state index in [2.05, 4.69) is 21.9 Å². The normalized spacial score (nSPS) is 10.7. The van der Waals surface area contributed by atoms with Crippen molar-refractivity contribution < 1.29 is 9.53 Å². The maximum absolute atomic E-state index is 12.0. The van der Waals surface area contributed by atoms with Gasteiger partial charge in [0.15, 0.2) is 0 Å². The number of benzene rings is 3. The number of hydrogen-bond acceptors (Lipinski definition) is 4. The summed E-state index contributed by atoms with van der Waals surface area (Å²) in [6.45, 7) is 4.71. The number of anilines is 1. The van der Waals surface area contributed by atoms with Gasteiger partial charge in [-0.25, -0.2) is 5.43 Å². The summed E-state index contributed by atoms with van der Waals surface area (Å²) in [7, 11) is 0. The molecule has 0 fully saturated rings. The van der Waals surface area contributed by atoms with E-state index in [1.54, 1.807) is 6.21 Å². The molecule has 5 heteroatoms. The van der Waals surface area contributed by atoms with Crippen LogP contribution in [-0.2, 0) is 11.4 Å². The fraction of sp³-hybridized carbons (Fsp3) is 0.167. The minimum absolute atomic E-state index is 0.154. The first-order valence-corrected chi connectivity index (χ1v) is 9.50. The van der Waals surface area contributed by atoms with E-state index < -0.39 is 0 Å². The van der Waals surface area contributed by atoms with Crippen LogP contribution in [0, 0.1) is 13.8 Å². The molecule has 0 atom stereocenters. The molecule has 0 heterocycles. The van der Waals surface area contributed by atoms with Crippen LogP contribution in [0.1, 0.15) is 22.3 Å². The van der Waals surface area contributed by atoms with E-state index in [9.17, 15) is 4.79 Å². The van der Waals surface area contributed by atoms with Crippen molar-refractivity contribution in [2.75, 3.05) is 11.9 Å². The van der Waals surface area contributed by atoms with Crippen molar-refractivity contribution in [3.8, 4) is 5.75 Å². The van der Waals surface area contributed by atoms with Gasteiger partial charge in [-0.15, -0.1) is 0 Å².